The Labute approximate surface area is 158 Å². The van der Waals surface area contributed by atoms with E-state index in [1.807, 2.05) is 6.92 Å². The van der Waals surface area contributed by atoms with Crippen LogP contribution < -0.4 is 5.32 Å². The van der Waals surface area contributed by atoms with Crippen LogP contribution in [0.25, 0.3) is 0 Å². The zero-order chi connectivity index (χ0) is 19.3. The molecule has 3 rings (SSSR count). The molecule has 1 atom stereocenters. The number of pyridine rings is 2. The Balaban J connectivity index is 1.90. The number of aromatic nitrogens is 2. The molecule has 2 aromatic heterocycles. The second-order valence-corrected chi connectivity index (χ2v) is 8.21. The van der Waals surface area contributed by atoms with Gasteiger partial charge in [-0.15, -0.1) is 0 Å². The fourth-order valence-corrected chi connectivity index (χ4v) is 4.30. The number of carbonyl (C=O) groups excluding carboxylic acids is 1. The molecule has 27 heavy (non-hydrogen) atoms. The Bertz CT molecular complexity index is 1010. The van der Waals surface area contributed by atoms with Gasteiger partial charge >= 0.3 is 0 Å². The van der Waals surface area contributed by atoms with Gasteiger partial charge in [0.2, 0.25) is 0 Å². The van der Waals surface area contributed by atoms with Crippen LogP contribution in [0.15, 0.2) is 78.2 Å². The first-order chi connectivity index (χ1) is 13.0. The maximum atomic E-state index is 13.2. The predicted octanol–water partition coefficient (Wildman–Crippen LogP) is 2.73. The molecule has 0 saturated carbocycles. The fraction of sp³-hybridized carbons (Fsp3) is 0.150. The lowest BCUT2D eigenvalue weighted by Crippen LogP contribution is -2.32. The maximum Gasteiger partial charge on any atom is 0.251 e. The van der Waals surface area contributed by atoms with Crippen LogP contribution >= 0.6 is 0 Å². The molecule has 1 N–H and O–H groups in total. The number of nitrogens with zero attached hydrogens (tertiary/aromatic N) is 2. The third kappa shape index (κ3) is 4.38. The second kappa shape index (κ2) is 8.09. The van der Waals surface area contributed by atoms with E-state index in [0.717, 1.165) is 5.56 Å². The largest absolute Gasteiger partial charge is 0.350 e. The van der Waals surface area contributed by atoms with Crippen molar-refractivity contribution in [3.05, 3.63) is 90.0 Å². The summed E-state index contributed by atoms with van der Waals surface area (Å²) in [6, 6.07) is 13.2. The van der Waals surface area contributed by atoms with Crippen molar-refractivity contribution < 1.29 is 13.2 Å². The van der Waals surface area contributed by atoms with Gasteiger partial charge in [-0.25, -0.2) is 8.42 Å². The number of carbonyl (C=O) groups is 1. The molecule has 1 aromatic carbocycles. The van der Waals surface area contributed by atoms with Gasteiger partial charge < -0.3 is 5.32 Å². The van der Waals surface area contributed by atoms with Gasteiger partial charge in [0.1, 0.15) is 5.25 Å². The normalized spacial score (nSPS) is 12.3. The summed E-state index contributed by atoms with van der Waals surface area (Å²) in [5.41, 5.74) is 1.91. The van der Waals surface area contributed by atoms with Crippen LogP contribution in [0.2, 0.25) is 0 Å². The van der Waals surface area contributed by atoms with Crippen molar-refractivity contribution in [1.29, 1.82) is 0 Å². The average Bonchev–Trinajstić information content (AvgIpc) is 2.69. The topological polar surface area (TPSA) is 89.0 Å². The van der Waals surface area contributed by atoms with E-state index < -0.39 is 15.1 Å². The molecule has 6 nitrogen and oxygen atoms in total. The molecule has 0 bridgehead atoms. The third-order valence-electron chi connectivity index (χ3n) is 4.17. The van der Waals surface area contributed by atoms with Crippen LogP contribution in [0.5, 0.6) is 0 Å². The first-order valence-corrected chi connectivity index (χ1v) is 9.92. The zero-order valence-electron chi connectivity index (χ0n) is 14.7. The van der Waals surface area contributed by atoms with Gasteiger partial charge in [0, 0.05) is 36.9 Å². The Hall–Kier alpha value is -3.06. The Kier molecular flexibility index (Phi) is 5.61. The highest BCUT2D eigenvalue weighted by atomic mass is 32.2. The molecule has 1 amide bonds. The van der Waals surface area contributed by atoms with Crippen molar-refractivity contribution in [3.8, 4) is 0 Å². The van der Waals surface area contributed by atoms with Crippen LogP contribution in [0.1, 0.15) is 26.7 Å². The number of amides is 1. The zero-order valence-corrected chi connectivity index (χ0v) is 15.6. The van der Waals surface area contributed by atoms with Gasteiger partial charge in [0.05, 0.1) is 4.90 Å². The smallest absolute Gasteiger partial charge is 0.251 e. The van der Waals surface area contributed by atoms with Gasteiger partial charge in [-0.05, 0) is 42.8 Å². The second-order valence-electron chi connectivity index (χ2n) is 6.08. The van der Waals surface area contributed by atoms with Gasteiger partial charge in [-0.2, -0.15) is 0 Å². The van der Waals surface area contributed by atoms with Crippen LogP contribution in [-0.2, 0) is 9.84 Å². The fourth-order valence-electron chi connectivity index (χ4n) is 2.66. The molecule has 0 aliphatic heterocycles. The lowest BCUT2D eigenvalue weighted by atomic mass is 10.2. The Morgan fingerprint density at radius 3 is 2.33 bits per heavy atom. The number of nitrogens with one attached hydrogen (secondary N) is 1. The minimum atomic E-state index is -3.72. The molecular weight excluding hydrogens is 362 g/mol. The van der Waals surface area contributed by atoms with Crippen LogP contribution in [0.4, 0.5) is 0 Å². The number of hydrogen-bond donors (Lipinski definition) is 1. The number of hydrogen-bond acceptors (Lipinski definition) is 5. The molecule has 3 aromatic rings. The minimum absolute atomic E-state index is 0.0664. The summed E-state index contributed by atoms with van der Waals surface area (Å²) in [5.74, 6) is -0.356. The maximum absolute atomic E-state index is 13.2. The van der Waals surface area contributed by atoms with E-state index in [4.69, 9.17) is 0 Å². The lowest BCUT2D eigenvalue weighted by molar-refractivity contribution is 0.0953. The number of sulfone groups is 1. The van der Waals surface area contributed by atoms with Crippen molar-refractivity contribution in [2.24, 2.45) is 0 Å². The van der Waals surface area contributed by atoms with Crippen molar-refractivity contribution in [2.45, 2.75) is 17.1 Å². The predicted molar refractivity (Wildman–Crippen MR) is 102 cm³/mol. The number of benzene rings is 1. The Morgan fingerprint density at radius 1 is 1.00 bits per heavy atom. The monoisotopic (exact) mass is 381 g/mol. The lowest BCUT2D eigenvalue weighted by Gasteiger charge is -2.19. The first kappa shape index (κ1) is 18.7. The molecule has 138 valence electrons. The summed E-state index contributed by atoms with van der Waals surface area (Å²) in [7, 11) is -3.72. The van der Waals surface area contributed by atoms with Crippen LogP contribution in [0, 0.1) is 6.92 Å². The van der Waals surface area contributed by atoms with Gasteiger partial charge in [-0.1, -0.05) is 23.8 Å². The van der Waals surface area contributed by atoms with E-state index in [2.05, 4.69) is 15.3 Å². The van der Waals surface area contributed by atoms with Crippen molar-refractivity contribution >= 4 is 15.7 Å². The average molecular weight is 381 g/mol. The van der Waals surface area contributed by atoms with E-state index in [1.165, 1.54) is 18.6 Å². The summed E-state index contributed by atoms with van der Waals surface area (Å²) >= 11 is 0. The summed E-state index contributed by atoms with van der Waals surface area (Å²) < 4.78 is 26.4. The van der Waals surface area contributed by atoms with E-state index in [9.17, 15) is 13.2 Å². The highest BCUT2D eigenvalue weighted by Crippen LogP contribution is 2.28. The van der Waals surface area contributed by atoms with Crippen molar-refractivity contribution in [1.82, 2.24) is 15.3 Å². The standard InChI is InChI=1S/C20H19N3O3S/c1-15-4-6-18(7-5-15)27(25,26)19(17-3-2-10-22-13-17)14-23-20(24)16-8-11-21-12-9-16/h2-13,19H,14H2,1H3,(H,23,24)/t19-/m1/s1. The molecule has 0 fully saturated rings. The third-order valence-corrected chi connectivity index (χ3v) is 6.29. The van der Waals surface area contributed by atoms with E-state index >= 15 is 0 Å². The van der Waals surface area contributed by atoms with Crippen molar-refractivity contribution in [2.75, 3.05) is 6.54 Å². The highest BCUT2D eigenvalue weighted by molar-refractivity contribution is 7.91. The summed E-state index contributed by atoms with van der Waals surface area (Å²) in [4.78, 5) is 20.4. The number of rotatable bonds is 6. The minimum Gasteiger partial charge on any atom is -0.350 e. The Morgan fingerprint density at radius 2 is 1.70 bits per heavy atom. The highest BCUT2D eigenvalue weighted by Gasteiger charge is 2.30. The molecule has 0 unspecified atom stereocenters. The molecule has 0 spiro atoms. The van der Waals surface area contributed by atoms with Crippen LogP contribution in [-0.4, -0.2) is 30.8 Å². The molecule has 0 radical (unpaired) electrons. The van der Waals surface area contributed by atoms with E-state index in [-0.39, 0.29) is 17.3 Å². The molecule has 2 heterocycles. The summed E-state index contributed by atoms with van der Waals surface area (Å²) in [6.07, 6.45) is 6.11. The number of aryl methyl sites for hydroxylation is 1. The quantitative estimate of drug-likeness (QED) is 0.709. The van der Waals surface area contributed by atoms with Crippen molar-refractivity contribution in [3.63, 3.8) is 0 Å². The summed E-state index contributed by atoms with van der Waals surface area (Å²) in [5, 5.41) is 1.77. The van der Waals surface area contributed by atoms with E-state index in [0.29, 0.717) is 11.1 Å². The molecule has 0 aliphatic carbocycles. The molecule has 7 heteroatoms. The first-order valence-electron chi connectivity index (χ1n) is 8.37. The van der Waals surface area contributed by atoms with Gasteiger partial charge in [-0.3, -0.25) is 14.8 Å². The molecular formula is C20H19N3O3S. The molecule has 0 aliphatic rings. The van der Waals surface area contributed by atoms with E-state index in [1.54, 1.807) is 54.7 Å². The summed E-state index contributed by atoms with van der Waals surface area (Å²) in [6.45, 7) is 1.83. The van der Waals surface area contributed by atoms with Gasteiger partial charge in [0.15, 0.2) is 9.84 Å². The van der Waals surface area contributed by atoms with Crippen LogP contribution in [0.3, 0.4) is 0 Å². The van der Waals surface area contributed by atoms with Gasteiger partial charge in [0.25, 0.3) is 5.91 Å². The SMILES string of the molecule is Cc1ccc(S(=O)(=O)[C@H](CNC(=O)c2ccncc2)c2cccnc2)cc1. The molecule has 0 saturated heterocycles.